The van der Waals surface area contributed by atoms with Gasteiger partial charge < -0.3 is 9.64 Å². The van der Waals surface area contributed by atoms with Gasteiger partial charge in [0.2, 0.25) is 5.88 Å². The summed E-state index contributed by atoms with van der Waals surface area (Å²) >= 11 is 3.40. The average Bonchev–Trinajstić information content (AvgIpc) is 2.36. The van der Waals surface area contributed by atoms with Crippen LogP contribution in [0.2, 0.25) is 0 Å². The lowest BCUT2D eigenvalue weighted by molar-refractivity contribution is 0.0830. The van der Waals surface area contributed by atoms with Crippen LogP contribution in [-0.2, 0) is 0 Å². The third-order valence-corrected chi connectivity index (χ3v) is 3.96. The van der Waals surface area contributed by atoms with Crippen LogP contribution in [0.1, 0.15) is 26.7 Å². The van der Waals surface area contributed by atoms with E-state index in [0.717, 1.165) is 30.4 Å². The van der Waals surface area contributed by atoms with Crippen molar-refractivity contribution < 1.29 is 9.13 Å². The molecule has 1 fully saturated rings. The van der Waals surface area contributed by atoms with Gasteiger partial charge in [0.15, 0.2) is 0 Å². The Bertz CT molecular complexity index is 428. The minimum absolute atomic E-state index is 0.522. The van der Waals surface area contributed by atoms with E-state index in [1.165, 1.54) is 0 Å². The van der Waals surface area contributed by atoms with Gasteiger partial charge in [0, 0.05) is 23.3 Å². The Hall–Kier alpha value is -0.680. The predicted molar refractivity (Wildman–Crippen MR) is 81.8 cm³/mol. The topological polar surface area (TPSA) is 25.4 Å². The van der Waals surface area contributed by atoms with Gasteiger partial charge in [0.05, 0.1) is 6.61 Å². The fraction of sp³-hybridized carbons (Fsp3) is 0.667. The molecule has 0 radical (unpaired) electrons. The summed E-state index contributed by atoms with van der Waals surface area (Å²) in [4.78, 5) is 6.38. The number of ether oxygens (including phenoxy) is 1. The summed E-state index contributed by atoms with van der Waals surface area (Å²) in [5, 5.41) is 0. The van der Waals surface area contributed by atoms with Gasteiger partial charge in [-0.25, -0.2) is 9.37 Å². The van der Waals surface area contributed by atoms with Crippen molar-refractivity contribution in [1.29, 1.82) is 0 Å². The van der Waals surface area contributed by atoms with E-state index in [-0.39, 0.29) is 0 Å². The Balaban J connectivity index is 1.72. The van der Waals surface area contributed by atoms with Gasteiger partial charge in [-0.3, -0.25) is 0 Å². The highest BCUT2D eigenvalue weighted by Gasteiger charge is 2.25. The predicted octanol–water partition coefficient (Wildman–Crippen LogP) is 3.68. The van der Waals surface area contributed by atoms with Gasteiger partial charge in [0.25, 0.3) is 0 Å². The van der Waals surface area contributed by atoms with Crippen molar-refractivity contribution in [2.24, 2.45) is 5.92 Å². The number of likely N-dealkylation sites (tertiary alicyclic amines) is 1. The van der Waals surface area contributed by atoms with Crippen molar-refractivity contribution in [3.63, 3.8) is 0 Å². The normalized spacial score (nSPS) is 18.2. The number of piperidine rings is 1. The lowest BCUT2D eigenvalue weighted by atomic mass is 9.97. The summed E-state index contributed by atoms with van der Waals surface area (Å²) in [5.74, 6) is 1.20. The van der Waals surface area contributed by atoms with E-state index < -0.39 is 5.67 Å². The zero-order chi connectivity index (χ0) is 14.6. The minimum Gasteiger partial charge on any atom is -0.477 e. The summed E-state index contributed by atoms with van der Waals surface area (Å²) in [6.07, 6.45) is 3.85. The Labute approximate surface area is 128 Å². The Morgan fingerprint density at radius 2 is 2.15 bits per heavy atom. The van der Waals surface area contributed by atoms with Crippen molar-refractivity contribution >= 4 is 15.9 Å². The van der Waals surface area contributed by atoms with Crippen molar-refractivity contribution in [2.75, 3.05) is 26.2 Å². The van der Waals surface area contributed by atoms with Crippen LogP contribution in [0.15, 0.2) is 22.8 Å². The van der Waals surface area contributed by atoms with Gasteiger partial charge in [0.1, 0.15) is 5.67 Å². The number of alkyl halides is 1. The number of hydrogen-bond acceptors (Lipinski definition) is 3. The Morgan fingerprint density at radius 3 is 2.75 bits per heavy atom. The van der Waals surface area contributed by atoms with E-state index >= 15 is 0 Å². The molecule has 112 valence electrons. The first-order chi connectivity index (χ1) is 9.42. The molecule has 20 heavy (non-hydrogen) atoms. The molecular weight excluding hydrogens is 323 g/mol. The number of halogens is 2. The van der Waals surface area contributed by atoms with Crippen molar-refractivity contribution in [3.8, 4) is 5.88 Å². The molecule has 0 spiro atoms. The molecule has 0 aliphatic carbocycles. The highest BCUT2D eigenvalue weighted by molar-refractivity contribution is 9.10. The first-order valence-electron chi connectivity index (χ1n) is 7.08. The van der Waals surface area contributed by atoms with Crippen LogP contribution < -0.4 is 4.74 Å². The molecule has 1 aromatic heterocycles. The SMILES string of the molecule is CC(C)(F)CN1CCC(COc2cc(Br)ccn2)CC1. The first-order valence-corrected chi connectivity index (χ1v) is 7.87. The third kappa shape index (κ3) is 5.37. The number of hydrogen-bond donors (Lipinski definition) is 0. The van der Waals surface area contributed by atoms with E-state index in [2.05, 4.69) is 25.8 Å². The van der Waals surface area contributed by atoms with Crippen LogP contribution in [0.25, 0.3) is 0 Å². The van der Waals surface area contributed by atoms with Crippen LogP contribution >= 0.6 is 15.9 Å². The van der Waals surface area contributed by atoms with Gasteiger partial charge in [-0.15, -0.1) is 0 Å². The number of pyridine rings is 1. The molecule has 1 aromatic rings. The maximum Gasteiger partial charge on any atom is 0.214 e. The van der Waals surface area contributed by atoms with Crippen LogP contribution in [-0.4, -0.2) is 41.8 Å². The summed E-state index contributed by atoms with van der Waals surface area (Å²) in [5.41, 5.74) is -1.11. The monoisotopic (exact) mass is 344 g/mol. The summed E-state index contributed by atoms with van der Waals surface area (Å²) in [7, 11) is 0. The second-order valence-corrected chi connectivity index (χ2v) is 6.98. The molecule has 0 aromatic carbocycles. The summed E-state index contributed by atoms with van der Waals surface area (Å²) in [6, 6.07) is 3.75. The number of aromatic nitrogens is 1. The molecule has 2 rings (SSSR count). The quantitative estimate of drug-likeness (QED) is 0.814. The maximum absolute atomic E-state index is 13.6. The molecular formula is C15H22BrFN2O. The second kappa shape index (κ2) is 6.85. The van der Waals surface area contributed by atoms with Crippen LogP contribution in [0.3, 0.4) is 0 Å². The van der Waals surface area contributed by atoms with Gasteiger partial charge in [-0.1, -0.05) is 15.9 Å². The average molecular weight is 345 g/mol. The molecule has 0 saturated carbocycles. The van der Waals surface area contributed by atoms with Crippen LogP contribution in [0.5, 0.6) is 5.88 Å². The second-order valence-electron chi connectivity index (χ2n) is 6.06. The Morgan fingerprint density at radius 1 is 1.45 bits per heavy atom. The number of nitrogens with zero attached hydrogens (tertiary/aromatic N) is 2. The van der Waals surface area contributed by atoms with E-state index in [1.54, 1.807) is 20.0 Å². The molecule has 0 N–H and O–H groups in total. The molecule has 1 aliphatic heterocycles. The summed E-state index contributed by atoms with van der Waals surface area (Å²) in [6.45, 7) is 6.40. The van der Waals surface area contributed by atoms with Gasteiger partial charge in [-0.05, 0) is 51.8 Å². The molecule has 0 atom stereocenters. The fourth-order valence-electron chi connectivity index (χ4n) is 2.51. The number of rotatable bonds is 5. The smallest absolute Gasteiger partial charge is 0.214 e. The fourth-order valence-corrected chi connectivity index (χ4v) is 2.82. The first kappa shape index (κ1) is 15.7. The molecule has 5 heteroatoms. The molecule has 1 aliphatic rings. The standard InChI is InChI=1S/C15H22BrFN2O/c1-15(2,17)11-19-7-4-12(5-8-19)10-20-14-9-13(16)3-6-18-14/h3,6,9,12H,4-5,7-8,10-11H2,1-2H3. The molecule has 3 nitrogen and oxygen atoms in total. The lowest BCUT2D eigenvalue weighted by Gasteiger charge is -2.34. The highest BCUT2D eigenvalue weighted by Crippen LogP contribution is 2.22. The molecule has 0 amide bonds. The molecule has 0 bridgehead atoms. The van der Waals surface area contributed by atoms with Crippen LogP contribution in [0.4, 0.5) is 4.39 Å². The molecule has 0 unspecified atom stereocenters. The third-order valence-electron chi connectivity index (χ3n) is 3.47. The van der Waals surface area contributed by atoms with Gasteiger partial charge in [-0.2, -0.15) is 0 Å². The van der Waals surface area contributed by atoms with Gasteiger partial charge >= 0.3 is 0 Å². The zero-order valence-electron chi connectivity index (χ0n) is 12.1. The Kier molecular flexibility index (Phi) is 5.38. The van der Waals surface area contributed by atoms with Crippen molar-refractivity contribution in [3.05, 3.63) is 22.8 Å². The van der Waals surface area contributed by atoms with Crippen LogP contribution in [0, 0.1) is 5.92 Å². The lowest BCUT2D eigenvalue weighted by Crippen LogP contribution is -2.41. The van der Waals surface area contributed by atoms with E-state index in [1.807, 2.05) is 12.1 Å². The molecule has 1 saturated heterocycles. The minimum atomic E-state index is -1.11. The van der Waals surface area contributed by atoms with E-state index in [4.69, 9.17) is 4.74 Å². The maximum atomic E-state index is 13.6. The summed E-state index contributed by atoms with van der Waals surface area (Å²) < 4.78 is 20.3. The largest absolute Gasteiger partial charge is 0.477 e. The van der Waals surface area contributed by atoms with E-state index in [9.17, 15) is 4.39 Å². The zero-order valence-corrected chi connectivity index (χ0v) is 13.7. The molecule has 2 heterocycles. The highest BCUT2D eigenvalue weighted by atomic mass is 79.9. The van der Waals surface area contributed by atoms with Crippen molar-refractivity contribution in [1.82, 2.24) is 9.88 Å². The van der Waals surface area contributed by atoms with Crippen molar-refractivity contribution in [2.45, 2.75) is 32.4 Å². The van der Waals surface area contributed by atoms with E-state index in [0.29, 0.717) is 24.9 Å².